The van der Waals surface area contributed by atoms with E-state index >= 15 is 0 Å². The quantitative estimate of drug-likeness (QED) is 0.824. The molecule has 15 heavy (non-hydrogen) atoms. The molecule has 6 heteroatoms. The standard InChI is InChI=1S/C9H5BrN2O3/c10-5-3-1-2-4-6(5)11-12-7(8(4)13)9(14)15/h1-3H,(H,11,13)(H,14,15). The molecule has 5 nitrogen and oxygen atoms in total. The third kappa shape index (κ3) is 1.52. The van der Waals surface area contributed by atoms with Crippen LogP contribution in [0, 0.1) is 0 Å². The summed E-state index contributed by atoms with van der Waals surface area (Å²) in [5.74, 6) is -1.67. The summed E-state index contributed by atoms with van der Waals surface area (Å²) >= 11 is 3.23. The van der Waals surface area contributed by atoms with Gasteiger partial charge in [-0.05, 0) is 28.1 Å². The van der Waals surface area contributed by atoms with Gasteiger partial charge in [0.1, 0.15) is 5.52 Å². The highest BCUT2D eigenvalue weighted by Crippen LogP contribution is 2.29. The SMILES string of the molecule is O=C(O)c1nnc2c(Br)cccc2c1O. The molecule has 0 spiro atoms. The lowest BCUT2D eigenvalue weighted by Crippen LogP contribution is -2.03. The van der Waals surface area contributed by atoms with Crippen LogP contribution in [-0.2, 0) is 0 Å². The lowest BCUT2D eigenvalue weighted by atomic mass is 10.2. The number of aromatic hydroxyl groups is 1. The minimum Gasteiger partial charge on any atom is -0.505 e. The molecule has 1 aromatic heterocycles. The smallest absolute Gasteiger partial charge is 0.360 e. The molecular weight excluding hydrogens is 264 g/mol. The first-order valence-electron chi connectivity index (χ1n) is 3.98. The van der Waals surface area contributed by atoms with Crippen molar-refractivity contribution in [3.05, 3.63) is 28.4 Å². The Balaban J connectivity index is 2.86. The van der Waals surface area contributed by atoms with Crippen molar-refractivity contribution < 1.29 is 15.0 Å². The molecule has 0 unspecified atom stereocenters. The van der Waals surface area contributed by atoms with Crippen LogP contribution in [0.15, 0.2) is 22.7 Å². The fourth-order valence-electron chi connectivity index (χ4n) is 1.23. The number of aromatic nitrogens is 2. The van der Waals surface area contributed by atoms with Crippen LogP contribution in [0.1, 0.15) is 10.5 Å². The summed E-state index contributed by atoms with van der Waals surface area (Å²) in [7, 11) is 0. The maximum absolute atomic E-state index is 10.7. The molecule has 0 saturated carbocycles. The van der Waals surface area contributed by atoms with Crippen molar-refractivity contribution in [2.24, 2.45) is 0 Å². The molecular formula is C9H5BrN2O3. The van der Waals surface area contributed by atoms with E-state index in [0.29, 0.717) is 15.4 Å². The summed E-state index contributed by atoms with van der Waals surface area (Å²) < 4.78 is 0.653. The monoisotopic (exact) mass is 268 g/mol. The zero-order valence-corrected chi connectivity index (χ0v) is 8.89. The third-order valence-electron chi connectivity index (χ3n) is 1.92. The highest BCUT2D eigenvalue weighted by molar-refractivity contribution is 9.10. The van der Waals surface area contributed by atoms with Crippen LogP contribution >= 0.6 is 15.9 Å². The molecule has 0 aliphatic rings. The molecule has 0 bridgehead atoms. The van der Waals surface area contributed by atoms with Gasteiger partial charge in [0.25, 0.3) is 0 Å². The number of hydrogen-bond donors (Lipinski definition) is 2. The molecule has 1 heterocycles. The van der Waals surface area contributed by atoms with Crippen molar-refractivity contribution in [3.8, 4) is 5.75 Å². The average Bonchev–Trinajstić information content (AvgIpc) is 2.19. The van der Waals surface area contributed by atoms with E-state index in [1.165, 1.54) is 0 Å². The van der Waals surface area contributed by atoms with Gasteiger partial charge >= 0.3 is 5.97 Å². The van der Waals surface area contributed by atoms with Gasteiger partial charge in [0, 0.05) is 9.86 Å². The van der Waals surface area contributed by atoms with E-state index in [9.17, 15) is 9.90 Å². The van der Waals surface area contributed by atoms with Gasteiger partial charge < -0.3 is 10.2 Å². The number of hydrogen-bond acceptors (Lipinski definition) is 4. The van der Waals surface area contributed by atoms with Crippen LogP contribution in [0.25, 0.3) is 10.9 Å². The number of fused-ring (bicyclic) bond motifs is 1. The van der Waals surface area contributed by atoms with Gasteiger partial charge in [0.2, 0.25) is 5.69 Å². The third-order valence-corrected chi connectivity index (χ3v) is 2.56. The van der Waals surface area contributed by atoms with E-state index in [2.05, 4.69) is 26.1 Å². The fraction of sp³-hybridized carbons (Fsp3) is 0. The van der Waals surface area contributed by atoms with Crippen LogP contribution in [0.3, 0.4) is 0 Å². The summed E-state index contributed by atoms with van der Waals surface area (Å²) in [4.78, 5) is 10.7. The molecule has 2 rings (SSSR count). The minimum absolute atomic E-state index is 0.358. The van der Waals surface area contributed by atoms with Gasteiger partial charge in [-0.1, -0.05) is 6.07 Å². The van der Waals surface area contributed by atoms with Crippen LogP contribution in [0.5, 0.6) is 5.75 Å². The summed E-state index contributed by atoms with van der Waals surface area (Å²) in [6.07, 6.45) is 0. The molecule has 0 aliphatic heterocycles. The summed E-state index contributed by atoms with van der Waals surface area (Å²) in [6, 6.07) is 4.99. The molecule has 0 radical (unpaired) electrons. The highest BCUT2D eigenvalue weighted by Gasteiger charge is 2.16. The van der Waals surface area contributed by atoms with Gasteiger partial charge in [-0.25, -0.2) is 4.79 Å². The van der Waals surface area contributed by atoms with E-state index in [0.717, 1.165) is 0 Å². The number of benzene rings is 1. The van der Waals surface area contributed by atoms with Gasteiger partial charge in [-0.2, -0.15) is 0 Å². The molecule has 2 N–H and O–H groups in total. The molecule has 1 aromatic carbocycles. The first-order chi connectivity index (χ1) is 7.11. The first-order valence-corrected chi connectivity index (χ1v) is 4.77. The summed E-state index contributed by atoms with van der Waals surface area (Å²) in [6.45, 7) is 0. The van der Waals surface area contributed by atoms with Crippen molar-refractivity contribution in [1.82, 2.24) is 10.2 Å². The molecule has 2 aromatic rings. The van der Waals surface area contributed by atoms with Crippen LogP contribution in [-0.4, -0.2) is 26.4 Å². The number of carbonyl (C=O) groups is 1. The molecule has 0 atom stereocenters. The van der Waals surface area contributed by atoms with E-state index in [4.69, 9.17) is 5.11 Å². The molecule has 0 amide bonds. The first kappa shape index (κ1) is 9.85. The van der Waals surface area contributed by atoms with Gasteiger partial charge in [0.05, 0.1) is 0 Å². The number of rotatable bonds is 1. The Morgan fingerprint density at radius 2 is 2.07 bits per heavy atom. The Hall–Kier alpha value is -1.69. The Morgan fingerprint density at radius 1 is 1.33 bits per heavy atom. The maximum Gasteiger partial charge on any atom is 0.360 e. The van der Waals surface area contributed by atoms with Crippen LogP contribution in [0.2, 0.25) is 0 Å². The largest absolute Gasteiger partial charge is 0.505 e. The van der Waals surface area contributed by atoms with Crippen LogP contribution < -0.4 is 0 Å². The van der Waals surface area contributed by atoms with Gasteiger partial charge in [-0.15, -0.1) is 10.2 Å². The molecule has 0 saturated heterocycles. The van der Waals surface area contributed by atoms with Crippen molar-refractivity contribution in [2.75, 3.05) is 0 Å². The highest BCUT2D eigenvalue weighted by atomic mass is 79.9. The second-order valence-corrected chi connectivity index (χ2v) is 3.69. The Morgan fingerprint density at radius 3 is 2.73 bits per heavy atom. The minimum atomic E-state index is -1.30. The second-order valence-electron chi connectivity index (χ2n) is 2.84. The number of halogens is 1. The summed E-state index contributed by atoms with van der Waals surface area (Å²) in [5.41, 5.74) is -0.0133. The van der Waals surface area contributed by atoms with Crippen molar-refractivity contribution in [3.63, 3.8) is 0 Å². The predicted octanol–water partition coefficient (Wildman–Crippen LogP) is 1.80. The predicted molar refractivity (Wildman–Crippen MR) is 55.9 cm³/mol. The van der Waals surface area contributed by atoms with Crippen molar-refractivity contribution >= 4 is 32.8 Å². The van der Waals surface area contributed by atoms with Crippen molar-refractivity contribution in [1.29, 1.82) is 0 Å². The second kappa shape index (κ2) is 3.47. The van der Waals surface area contributed by atoms with Crippen molar-refractivity contribution in [2.45, 2.75) is 0 Å². The van der Waals surface area contributed by atoms with E-state index in [1.54, 1.807) is 18.2 Å². The number of nitrogens with zero attached hydrogens (tertiary/aromatic N) is 2. The lowest BCUT2D eigenvalue weighted by Gasteiger charge is -2.03. The van der Waals surface area contributed by atoms with Gasteiger partial charge in [0.15, 0.2) is 5.75 Å². The molecule has 76 valence electrons. The maximum atomic E-state index is 10.7. The number of carboxylic acids is 1. The molecule has 0 aliphatic carbocycles. The van der Waals surface area contributed by atoms with E-state index < -0.39 is 11.7 Å². The number of aromatic carboxylic acids is 1. The lowest BCUT2D eigenvalue weighted by molar-refractivity contribution is 0.0686. The van der Waals surface area contributed by atoms with Gasteiger partial charge in [-0.3, -0.25) is 0 Å². The number of carboxylic acid groups (broad SMARTS) is 1. The van der Waals surface area contributed by atoms with E-state index in [1.807, 2.05) is 0 Å². The fourth-order valence-corrected chi connectivity index (χ4v) is 1.67. The average molecular weight is 269 g/mol. The topological polar surface area (TPSA) is 83.3 Å². The Bertz CT molecular complexity index is 556. The Kier molecular flexibility index (Phi) is 2.28. The van der Waals surface area contributed by atoms with Crippen LogP contribution in [0.4, 0.5) is 0 Å². The summed E-state index contributed by atoms with van der Waals surface area (Å²) in [5, 5.41) is 25.9. The normalized spacial score (nSPS) is 10.5. The van der Waals surface area contributed by atoms with E-state index in [-0.39, 0.29) is 5.75 Å². The zero-order chi connectivity index (χ0) is 11.0. The Labute approximate surface area is 92.5 Å². The zero-order valence-electron chi connectivity index (χ0n) is 7.31. The molecule has 0 fully saturated rings.